The number of alkyl halides is 1. The fourth-order valence-corrected chi connectivity index (χ4v) is 6.24. The molecule has 4 aromatic rings. The Labute approximate surface area is 188 Å². The molecule has 0 nitrogen and oxygen atoms in total. The molecule has 4 aromatic carbocycles. The lowest BCUT2D eigenvalue weighted by Crippen LogP contribution is -1.98. The minimum Gasteiger partial charge on any atom is -0.0811 e. The average Bonchev–Trinajstić information content (AvgIpc) is 2.69. The van der Waals surface area contributed by atoms with Crippen molar-refractivity contribution in [2.45, 2.75) is 18.3 Å². The predicted octanol–water partition coefficient (Wildman–Crippen LogP) is 8.33. The van der Waals surface area contributed by atoms with Crippen LogP contribution in [0.2, 0.25) is 0 Å². The Hall–Kier alpha value is -1.40. The van der Waals surface area contributed by atoms with E-state index in [0.717, 1.165) is 4.43 Å². The maximum absolute atomic E-state index is 2.56. The van der Waals surface area contributed by atoms with E-state index >= 15 is 0 Å². The average molecular weight is 574 g/mol. The monoisotopic (exact) mass is 574 g/mol. The van der Waals surface area contributed by atoms with E-state index < -0.39 is 0 Å². The SMILES string of the molecule is Cc1ccc(-c2c(I)c(CI)c(-c3ccccc3)c3cc(C)ccc23)cc1. The zero-order valence-electron chi connectivity index (χ0n) is 15.4. The summed E-state index contributed by atoms with van der Waals surface area (Å²) in [4.78, 5) is 0. The highest BCUT2D eigenvalue weighted by Gasteiger charge is 2.19. The van der Waals surface area contributed by atoms with Crippen LogP contribution in [0.1, 0.15) is 16.7 Å². The van der Waals surface area contributed by atoms with E-state index in [9.17, 15) is 0 Å². The van der Waals surface area contributed by atoms with Gasteiger partial charge in [-0.2, -0.15) is 0 Å². The van der Waals surface area contributed by atoms with Crippen molar-refractivity contribution in [1.29, 1.82) is 0 Å². The van der Waals surface area contributed by atoms with Gasteiger partial charge in [0, 0.05) is 13.6 Å². The molecule has 0 aliphatic rings. The number of hydrogen-bond donors (Lipinski definition) is 0. The summed E-state index contributed by atoms with van der Waals surface area (Å²) in [7, 11) is 0. The van der Waals surface area contributed by atoms with Gasteiger partial charge in [-0.3, -0.25) is 0 Å². The van der Waals surface area contributed by atoms with E-state index in [-0.39, 0.29) is 0 Å². The zero-order chi connectivity index (χ0) is 19.0. The molecule has 0 spiro atoms. The van der Waals surface area contributed by atoms with Gasteiger partial charge in [0.2, 0.25) is 0 Å². The molecule has 0 bridgehead atoms. The number of hydrogen-bond acceptors (Lipinski definition) is 0. The van der Waals surface area contributed by atoms with Gasteiger partial charge >= 0.3 is 0 Å². The molecular formula is C25H20I2. The molecule has 0 heterocycles. The summed E-state index contributed by atoms with van der Waals surface area (Å²) < 4.78 is 2.35. The molecule has 0 unspecified atom stereocenters. The normalized spacial score (nSPS) is 11.1. The van der Waals surface area contributed by atoms with E-state index in [1.807, 2.05) is 0 Å². The first-order chi connectivity index (χ1) is 13.1. The van der Waals surface area contributed by atoms with Crippen molar-refractivity contribution in [3.8, 4) is 22.3 Å². The number of aryl methyl sites for hydroxylation is 2. The van der Waals surface area contributed by atoms with E-state index in [1.165, 1.54) is 53.3 Å². The van der Waals surface area contributed by atoms with Crippen LogP contribution in [0.5, 0.6) is 0 Å². The molecule has 0 N–H and O–H groups in total. The van der Waals surface area contributed by atoms with Crippen LogP contribution in [0.15, 0.2) is 72.8 Å². The molecule has 27 heavy (non-hydrogen) atoms. The van der Waals surface area contributed by atoms with Crippen LogP contribution in [0, 0.1) is 17.4 Å². The van der Waals surface area contributed by atoms with Gasteiger partial charge in [0.1, 0.15) is 0 Å². The summed E-state index contributed by atoms with van der Waals surface area (Å²) in [5.41, 5.74) is 9.36. The van der Waals surface area contributed by atoms with Gasteiger partial charge in [-0.25, -0.2) is 0 Å². The van der Waals surface area contributed by atoms with Crippen LogP contribution in [0.25, 0.3) is 33.0 Å². The van der Waals surface area contributed by atoms with Gasteiger partial charge in [0.25, 0.3) is 0 Å². The Morgan fingerprint density at radius 2 is 1.30 bits per heavy atom. The van der Waals surface area contributed by atoms with Crippen molar-refractivity contribution in [2.75, 3.05) is 0 Å². The lowest BCUT2D eigenvalue weighted by atomic mass is 9.88. The van der Waals surface area contributed by atoms with Crippen LogP contribution in [-0.4, -0.2) is 0 Å². The van der Waals surface area contributed by atoms with Crippen molar-refractivity contribution in [1.82, 2.24) is 0 Å². The first-order valence-electron chi connectivity index (χ1n) is 9.03. The highest BCUT2D eigenvalue weighted by molar-refractivity contribution is 14.1. The molecule has 0 fully saturated rings. The third-order valence-electron chi connectivity index (χ3n) is 5.04. The molecule has 0 amide bonds. The summed E-state index contributed by atoms with van der Waals surface area (Å²) in [5.74, 6) is 0. The number of benzene rings is 4. The highest BCUT2D eigenvalue weighted by atomic mass is 127. The molecular weight excluding hydrogens is 554 g/mol. The maximum Gasteiger partial charge on any atom is 0.0264 e. The van der Waals surface area contributed by atoms with Gasteiger partial charge < -0.3 is 0 Å². The lowest BCUT2D eigenvalue weighted by molar-refractivity contribution is 1.41. The molecule has 0 atom stereocenters. The molecule has 4 rings (SSSR count). The molecule has 134 valence electrons. The van der Waals surface area contributed by atoms with Crippen LogP contribution in [-0.2, 0) is 4.43 Å². The Balaban J connectivity index is 2.16. The van der Waals surface area contributed by atoms with Crippen LogP contribution >= 0.6 is 45.2 Å². The fourth-order valence-electron chi connectivity index (χ4n) is 3.69. The molecule has 0 saturated carbocycles. The van der Waals surface area contributed by atoms with Crippen molar-refractivity contribution in [3.05, 3.63) is 93.1 Å². The molecule has 0 saturated heterocycles. The van der Waals surface area contributed by atoms with Gasteiger partial charge in [0.15, 0.2) is 0 Å². The molecule has 2 heteroatoms. The summed E-state index contributed by atoms with van der Waals surface area (Å²) >= 11 is 5.07. The molecule has 0 radical (unpaired) electrons. The van der Waals surface area contributed by atoms with Gasteiger partial charge in [-0.1, -0.05) is 107 Å². The zero-order valence-corrected chi connectivity index (χ0v) is 19.7. The number of fused-ring (bicyclic) bond motifs is 1. The standard InChI is InChI=1S/C25H20I2/c1-16-8-11-19(12-9-16)24-20-13-10-17(2)14-21(20)23(22(15-26)25(24)27)18-6-4-3-5-7-18/h3-14H,15H2,1-2H3. The lowest BCUT2D eigenvalue weighted by Gasteiger charge is -2.20. The van der Waals surface area contributed by atoms with E-state index in [2.05, 4.69) is 132 Å². The molecule has 0 aromatic heterocycles. The largest absolute Gasteiger partial charge is 0.0811 e. The maximum atomic E-state index is 2.56. The summed E-state index contributed by atoms with van der Waals surface area (Å²) in [6.07, 6.45) is 0. The Morgan fingerprint density at radius 1 is 0.667 bits per heavy atom. The molecule has 0 aliphatic heterocycles. The smallest absolute Gasteiger partial charge is 0.0264 e. The minimum absolute atomic E-state index is 0.989. The summed E-state index contributed by atoms with van der Waals surface area (Å²) in [6.45, 7) is 4.33. The van der Waals surface area contributed by atoms with Gasteiger partial charge in [-0.05, 0) is 69.5 Å². The minimum atomic E-state index is 0.989. The van der Waals surface area contributed by atoms with Crippen molar-refractivity contribution >= 4 is 56.0 Å². The quantitative estimate of drug-likeness (QED) is 0.171. The Bertz CT molecular complexity index is 1110. The van der Waals surface area contributed by atoms with E-state index in [0.29, 0.717) is 0 Å². The highest BCUT2D eigenvalue weighted by Crippen LogP contribution is 2.43. The third-order valence-corrected chi connectivity index (χ3v) is 6.99. The van der Waals surface area contributed by atoms with Gasteiger partial charge in [0.05, 0.1) is 0 Å². The third kappa shape index (κ3) is 3.54. The second-order valence-electron chi connectivity index (χ2n) is 6.96. The van der Waals surface area contributed by atoms with Crippen LogP contribution < -0.4 is 0 Å². The predicted molar refractivity (Wildman–Crippen MR) is 135 cm³/mol. The Morgan fingerprint density at radius 3 is 1.96 bits per heavy atom. The number of rotatable bonds is 3. The fraction of sp³-hybridized carbons (Fsp3) is 0.120. The van der Waals surface area contributed by atoms with Crippen LogP contribution in [0.3, 0.4) is 0 Å². The second-order valence-corrected chi connectivity index (χ2v) is 8.80. The Kier molecular flexibility index (Phi) is 5.55. The summed E-state index contributed by atoms with van der Waals surface area (Å²) in [5, 5.41) is 2.69. The van der Waals surface area contributed by atoms with Crippen molar-refractivity contribution < 1.29 is 0 Å². The van der Waals surface area contributed by atoms with E-state index in [1.54, 1.807) is 0 Å². The first-order valence-corrected chi connectivity index (χ1v) is 11.6. The number of halogens is 2. The van der Waals surface area contributed by atoms with Crippen LogP contribution in [0.4, 0.5) is 0 Å². The topological polar surface area (TPSA) is 0 Å². The van der Waals surface area contributed by atoms with E-state index in [4.69, 9.17) is 0 Å². The second kappa shape index (κ2) is 7.92. The molecule has 0 aliphatic carbocycles. The summed E-state index contributed by atoms with van der Waals surface area (Å²) in [6, 6.07) is 26.6. The van der Waals surface area contributed by atoms with Crippen molar-refractivity contribution in [3.63, 3.8) is 0 Å². The first kappa shape index (κ1) is 18.9. The van der Waals surface area contributed by atoms with Gasteiger partial charge in [-0.15, -0.1) is 0 Å². The van der Waals surface area contributed by atoms with Crippen molar-refractivity contribution in [2.24, 2.45) is 0 Å².